The molecule has 25 heavy (non-hydrogen) atoms. The molecule has 1 atom stereocenters. The number of carbonyl (C=O) groups is 1. The normalized spacial score (nSPS) is 18.0. The van der Waals surface area contributed by atoms with E-state index in [0.29, 0.717) is 5.75 Å². The second-order valence-electron chi connectivity index (χ2n) is 7.33. The van der Waals surface area contributed by atoms with Crippen LogP contribution in [0, 0.1) is 13.8 Å². The summed E-state index contributed by atoms with van der Waals surface area (Å²) in [6, 6.07) is 13.7. The van der Waals surface area contributed by atoms with E-state index in [9.17, 15) is 4.79 Å². The number of nitrogens with one attached hydrogen (secondary N) is 1. The predicted octanol–water partition coefficient (Wildman–Crippen LogP) is 4.10. The Labute approximate surface area is 149 Å². The standard InChI is InChI=1S/C21H25NO3/c1-14-6-5-7-16(10-14)24-13-20(23)22-18-12-21(3,4)25-19-9-8-15(2)11-17(18)19/h5-11,18H,12-13H2,1-4H3,(H,22,23)/t18-/m1/s1. The van der Waals surface area contributed by atoms with Crippen molar-refractivity contribution in [3.63, 3.8) is 0 Å². The molecule has 1 heterocycles. The highest BCUT2D eigenvalue weighted by molar-refractivity contribution is 5.78. The maximum Gasteiger partial charge on any atom is 0.258 e. The summed E-state index contributed by atoms with van der Waals surface area (Å²) in [5.74, 6) is 1.42. The molecule has 2 aromatic carbocycles. The van der Waals surface area contributed by atoms with E-state index in [1.54, 1.807) is 0 Å². The Kier molecular flexibility index (Phi) is 4.71. The lowest BCUT2D eigenvalue weighted by molar-refractivity contribution is -0.124. The van der Waals surface area contributed by atoms with E-state index in [0.717, 1.165) is 28.9 Å². The average Bonchev–Trinajstić information content (AvgIpc) is 2.53. The van der Waals surface area contributed by atoms with Gasteiger partial charge in [0.25, 0.3) is 5.91 Å². The Hall–Kier alpha value is -2.49. The Bertz CT molecular complexity index is 782. The van der Waals surface area contributed by atoms with Gasteiger partial charge in [0.1, 0.15) is 17.1 Å². The lowest BCUT2D eigenvalue weighted by Gasteiger charge is -2.38. The first kappa shape index (κ1) is 17.3. The van der Waals surface area contributed by atoms with Crippen molar-refractivity contribution in [1.82, 2.24) is 5.32 Å². The first-order chi connectivity index (χ1) is 11.8. The van der Waals surface area contributed by atoms with Crippen LogP contribution in [0.4, 0.5) is 0 Å². The van der Waals surface area contributed by atoms with Gasteiger partial charge in [0.15, 0.2) is 6.61 Å². The van der Waals surface area contributed by atoms with Crippen molar-refractivity contribution in [3.05, 3.63) is 59.2 Å². The monoisotopic (exact) mass is 339 g/mol. The smallest absolute Gasteiger partial charge is 0.258 e. The van der Waals surface area contributed by atoms with Gasteiger partial charge in [-0.05, 0) is 51.5 Å². The minimum Gasteiger partial charge on any atom is -0.487 e. The van der Waals surface area contributed by atoms with Gasteiger partial charge in [0.2, 0.25) is 0 Å². The van der Waals surface area contributed by atoms with Crippen molar-refractivity contribution in [3.8, 4) is 11.5 Å². The highest BCUT2D eigenvalue weighted by Gasteiger charge is 2.34. The fourth-order valence-corrected chi connectivity index (χ4v) is 3.19. The Morgan fingerprint density at radius 2 is 1.96 bits per heavy atom. The third kappa shape index (κ3) is 4.32. The van der Waals surface area contributed by atoms with E-state index in [-0.39, 0.29) is 24.2 Å². The SMILES string of the molecule is Cc1cccc(OCC(=O)N[C@@H]2CC(C)(C)Oc3ccc(C)cc32)c1. The Balaban J connectivity index is 1.69. The van der Waals surface area contributed by atoms with Crippen LogP contribution in [0.5, 0.6) is 11.5 Å². The number of aryl methyl sites for hydroxylation is 2. The number of hydrogen-bond donors (Lipinski definition) is 1. The van der Waals surface area contributed by atoms with Gasteiger partial charge in [-0.15, -0.1) is 0 Å². The lowest BCUT2D eigenvalue weighted by atomic mass is 9.89. The van der Waals surface area contributed by atoms with Crippen LogP contribution in [0.3, 0.4) is 0 Å². The first-order valence-electron chi connectivity index (χ1n) is 8.61. The molecule has 1 aliphatic heterocycles. The molecule has 1 N–H and O–H groups in total. The van der Waals surface area contributed by atoms with E-state index in [4.69, 9.17) is 9.47 Å². The quantitative estimate of drug-likeness (QED) is 0.912. The Morgan fingerprint density at radius 3 is 2.72 bits per heavy atom. The lowest BCUT2D eigenvalue weighted by Crippen LogP contribution is -2.42. The molecule has 0 saturated carbocycles. The molecular weight excluding hydrogens is 314 g/mol. The minimum absolute atomic E-state index is 0.00237. The summed E-state index contributed by atoms with van der Waals surface area (Å²) in [7, 11) is 0. The van der Waals surface area contributed by atoms with E-state index < -0.39 is 0 Å². The predicted molar refractivity (Wildman–Crippen MR) is 98.1 cm³/mol. The molecule has 3 rings (SSSR count). The van der Waals surface area contributed by atoms with Gasteiger partial charge in [0, 0.05) is 12.0 Å². The first-order valence-corrected chi connectivity index (χ1v) is 8.61. The third-order valence-electron chi connectivity index (χ3n) is 4.32. The molecule has 0 radical (unpaired) electrons. The molecule has 0 bridgehead atoms. The van der Waals surface area contributed by atoms with Crippen LogP contribution in [-0.2, 0) is 4.79 Å². The summed E-state index contributed by atoms with van der Waals surface area (Å²) in [6.07, 6.45) is 0.722. The average molecular weight is 339 g/mol. The zero-order chi connectivity index (χ0) is 18.0. The molecule has 2 aromatic rings. The molecule has 0 aromatic heterocycles. The van der Waals surface area contributed by atoms with E-state index in [2.05, 4.69) is 11.4 Å². The maximum atomic E-state index is 12.4. The van der Waals surface area contributed by atoms with Crippen LogP contribution in [0.25, 0.3) is 0 Å². The molecule has 0 aliphatic carbocycles. The molecule has 1 aliphatic rings. The van der Waals surface area contributed by atoms with Crippen LogP contribution in [0.2, 0.25) is 0 Å². The van der Waals surface area contributed by atoms with E-state index in [1.807, 2.05) is 64.1 Å². The second-order valence-corrected chi connectivity index (χ2v) is 7.33. The summed E-state index contributed by atoms with van der Waals surface area (Å²) < 4.78 is 11.7. The van der Waals surface area contributed by atoms with Crippen molar-refractivity contribution >= 4 is 5.91 Å². The topological polar surface area (TPSA) is 47.6 Å². The molecule has 0 fully saturated rings. The van der Waals surface area contributed by atoms with Gasteiger partial charge in [0.05, 0.1) is 6.04 Å². The summed E-state index contributed by atoms with van der Waals surface area (Å²) in [6.45, 7) is 8.12. The van der Waals surface area contributed by atoms with Crippen LogP contribution >= 0.6 is 0 Å². The molecule has 1 amide bonds. The minimum atomic E-state index is -0.322. The molecule has 0 spiro atoms. The van der Waals surface area contributed by atoms with Crippen LogP contribution in [-0.4, -0.2) is 18.1 Å². The van der Waals surface area contributed by atoms with Crippen molar-refractivity contribution in [2.24, 2.45) is 0 Å². The zero-order valence-electron chi connectivity index (χ0n) is 15.3. The molecule has 0 unspecified atom stereocenters. The summed E-state index contributed by atoms with van der Waals surface area (Å²) in [5.41, 5.74) is 2.96. The molecule has 0 saturated heterocycles. The van der Waals surface area contributed by atoms with Crippen molar-refractivity contribution in [2.75, 3.05) is 6.61 Å². The van der Waals surface area contributed by atoms with Crippen LogP contribution < -0.4 is 14.8 Å². The van der Waals surface area contributed by atoms with Gasteiger partial charge in [-0.1, -0.05) is 29.8 Å². The summed E-state index contributed by atoms with van der Waals surface area (Å²) in [5, 5.41) is 3.10. The van der Waals surface area contributed by atoms with Crippen LogP contribution in [0.15, 0.2) is 42.5 Å². The van der Waals surface area contributed by atoms with E-state index in [1.165, 1.54) is 0 Å². The number of fused-ring (bicyclic) bond motifs is 1. The van der Waals surface area contributed by atoms with Gasteiger partial charge in [-0.2, -0.15) is 0 Å². The summed E-state index contributed by atoms with van der Waals surface area (Å²) >= 11 is 0. The second kappa shape index (κ2) is 6.79. The van der Waals surface area contributed by atoms with Gasteiger partial charge in [-0.25, -0.2) is 0 Å². The zero-order valence-corrected chi connectivity index (χ0v) is 15.3. The molecule has 132 valence electrons. The maximum absolute atomic E-state index is 12.4. The molecule has 4 nitrogen and oxygen atoms in total. The van der Waals surface area contributed by atoms with Gasteiger partial charge in [-0.3, -0.25) is 4.79 Å². The largest absolute Gasteiger partial charge is 0.487 e. The highest BCUT2D eigenvalue weighted by Crippen LogP contribution is 2.39. The van der Waals surface area contributed by atoms with Crippen LogP contribution in [0.1, 0.15) is 43.0 Å². The highest BCUT2D eigenvalue weighted by atomic mass is 16.5. The van der Waals surface area contributed by atoms with Crippen molar-refractivity contribution in [1.29, 1.82) is 0 Å². The number of amides is 1. The van der Waals surface area contributed by atoms with E-state index >= 15 is 0 Å². The number of ether oxygens (including phenoxy) is 2. The summed E-state index contributed by atoms with van der Waals surface area (Å²) in [4.78, 5) is 12.4. The van der Waals surface area contributed by atoms with Gasteiger partial charge < -0.3 is 14.8 Å². The van der Waals surface area contributed by atoms with Crippen molar-refractivity contribution < 1.29 is 14.3 Å². The third-order valence-corrected chi connectivity index (χ3v) is 4.32. The number of hydrogen-bond acceptors (Lipinski definition) is 3. The fraction of sp³-hybridized carbons (Fsp3) is 0.381. The number of carbonyl (C=O) groups excluding carboxylic acids is 1. The van der Waals surface area contributed by atoms with Crippen molar-refractivity contribution in [2.45, 2.75) is 45.8 Å². The molecule has 4 heteroatoms. The Morgan fingerprint density at radius 1 is 1.20 bits per heavy atom. The van der Waals surface area contributed by atoms with Gasteiger partial charge >= 0.3 is 0 Å². The molecular formula is C21H25NO3. The number of benzene rings is 2. The number of rotatable bonds is 4. The fourth-order valence-electron chi connectivity index (χ4n) is 3.19.